The molecule has 3 nitrogen and oxygen atoms in total. The number of aryl methyl sites for hydroxylation is 1. The Labute approximate surface area is 82.9 Å². The van der Waals surface area contributed by atoms with E-state index in [1.54, 1.807) is 25.1 Å². The molecule has 1 heterocycles. The molecule has 0 aliphatic carbocycles. The van der Waals surface area contributed by atoms with E-state index < -0.39 is 0 Å². The van der Waals surface area contributed by atoms with E-state index in [2.05, 4.69) is 20.9 Å². The van der Waals surface area contributed by atoms with E-state index in [1.807, 2.05) is 0 Å². The van der Waals surface area contributed by atoms with Gasteiger partial charge in [0.25, 0.3) is 0 Å². The average molecular weight is 240 g/mol. The van der Waals surface area contributed by atoms with Gasteiger partial charge in [-0.1, -0.05) is 0 Å². The Hall–Kier alpha value is -1.16. The number of halogens is 1. The Kier molecular flexibility index (Phi) is 1.92. The second kappa shape index (κ2) is 2.96. The fourth-order valence-corrected chi connectivity index (χ4v) is 1.41. The molecule has 0 aliphatic rings. The van der Waals surface area contributed by atoms with Crippen molar-refractivity contribution in [1.82, 2.24) is 4.98 Å². The molecule has 0 saturated carbocycles. The molecular formula is C9H6BrNO2. The summed E-state index contributed by atoms with van der Waals surface area (Å²) in [6, 6.07) is 5.15. The molecule has 0 saturated heterocycles. The minimum absolute atomic E-state index is 0.150. The number of benzene rings is 1. The van der Waals surface area contributed by atoms with Gasteiger partial charge in [-0.05, 0) is 34.1 Å². The summed E-state index contributed by atoms with van der Waals surface area (Å²) in [7, 11) is 0. The van der Waals surface area contributed by atoms with Gasteiger partial charge in [-0.15, -0.1) is 0 Å². The highest BCUT2D eigenvalue weighted by atomic mass is 79.9. The number of fused-ring (bicyclic) bond motifs is 1. The lowest BCUT2D eigenvalue weighted by Crippen LogP contribution is -1.85. The van der Waals surface area contributed by atoms with E-state index in [1.165, 1.54) is 0 Å². The van der Waals surface area contributed by atoms with Crippen LogP contribution in [0.5, 0.6) is 0 Å². The molecule has 1 aromatic carbocycles. The summed E-state index contributed by atoms with van der Waals surface area (Å²) < 4.78 is 5.12. The summed E-state index contributed by atoms with van der Waals surface area (Å²) in [5, 5.41) is 0. The topological polar surface area (TPSA) is 43.1 Å². The maximum Gasteiger partial charge on any atom is 0.228 e. The van der Waals surface area contributed by atoms with Gasteiger partial charge in [0.15, 0.2) is 11.5 Å². The number of hydrogen-bond acceptors (Lipinski definition) is 3. The predicted octanol–water partition coefficient (Wildman–Crippen LogP) is 2.67. The van der Waals surface area contributed by atoms with Crippen molar-refractivity contribution in [1.29, 1.82) is 0 Å². The number of rotatable bonds is 1. The molecule has 13 heavy (non-hydrogen) atoms. The zero-order valence-electron chi connectivity index (χ0n) is 6.87. The molecule has 0 aliphatic heterocycles. The van der Waals surface area contributed by atoms with Crippen LogP contribution in [0.1, 0.15) is 16.2 Å². The summed E-state index contributed by atoms with van der Waals surface area (Å²) >= 11 is 2.87. The van der Waals surface area contributed by atoms with E-state index in [-0.39, 0.29) is 4.69 Å². The first-order valence-corrected chi connectivity index (χ1v) is 4.53. The van der Waals surface area contributed by atoms with Crippen molar-refractivity contribution in [3.05, 3.63) is 29.7 Å². The number of oxazole rings is 1. The SMILES string of the molecule is Cc1nc2ccc(C(=O)Br)cc2o1. The number of nitrogens with zero attached hydrogens (tertiary/aromatic N) is 1. The normalized spacial score (nSPS) is 10.6. The van der Waals surface area contributed by atoms with Crippen molar-refractivity contribution in [2.45, 2.75) is 6.92 Å². The zero-order chi connectivity index (χ0) is 9.42. The Balaban J connectivity index is 2.67. The van der Waals surface area contributed by atoms with Crippen LogP contribution in [0.25, 0.3) is 11.1 Å². The fourth-order valence-electron chi connectivity index (χ4n) is 1.16. The van der Waals surface area contributed by atoms with Gasteiger partial charge in [0.1, 0.15) is 5.52 Å². The van der Waals surface area contributed by atoms with E-state index in [0.717, 1.165) is 5.52 Å². The Morgan fingerprint density at radius 1 is 1.54 bits per heavy atom. The van der Waals surface area contributed by atoms with Gasteiger partial charge in [-0.3, -0.25) is 4.79 Å². The summed E-state index contributed by atoms with van der Waals surface area (Å²) in [6.45, 7) is 1.77. The average Bonchev–Trinajstić information content (AvgIpc) is 2.42. The van der Waals surface area contributed by atoms with Gasteiger partial charge in [-0.2, -0.15) is 0 Å². The molecule has 4 heteroatoms. The van der Waals surface area contributed by atoms with E-state index in [9.17, 15) is 4.79 Å². The summed E-state index contributed by atoms with van der Waals surface area (Å²) in [5.74, 6) is 0.606. The lowest BCUT2D eigenvalue weighted by atomic mass is 10.2. The maximum atomic E-state index is 11.0. The highest BCUT2D eigenvalue weighted by molar-refractivity contribution is 9.18. The minimum Gasteiger partial charge on any atom is -0.441 e. The van der Waals surface area contributed by atoms with Crippen molar-refractivity contribution in [3.8, 4) is 0 Å². The highest BCUT2D eigenvalue weighted by Crippen LogP contribution is 2.18. The Bertz CT molecular complexity index is 475. The van der Waals surface area contributed by atoms with Crippen molar-refractivity contribution in [2.75, 3.05) is 0 Å². The number of carbonyl (C=O) groups is 1. The van der Waals surface area contributed by atoms with Crippen molar-refractivity contribution >= 4 is 31.7 Å². The summed E-state index contributed by atoms with van der Waals surface area (Å²) in [6.07, 6.45) is 0. The monoisotopic (exact) mass is 239 g/mol. The van der Waals surface area contributed by atoms with E-state index in [0.29, 0.717) is 17.0 Å². The molecule has 0 atom stereocenters. The third-order valence-corrected chi connectivity index (χ3v) is 2.18. The largest absolute Gasteiger partial charge is 0.441 e. The van der Waals surface area contributed by atoms with Gasteiger partial charge in [-0.25, -0.2) is 4.98 Å². The molecule has 0 bridgehead atoms. The number of hydrogen-bond donors (Lipinski definition) is 0. The van der Waals surface area contributed by atoms with Crippen molar-refractivity contribution < 1.29 is 9.21 Å². The molecule has 1 aromatic heterocycles. The summed E-state index contributed by atoms with van der Waals surface area (Å²) in [4.78, 5) is 15.1. The van der Waals surface area contributed by atoms with Crippen LogP contribution in [0.15, 0.2) is 22.6 Å². The van der Waals surface area contributed by atoms with Crippen LogP contribution in [0.2, 0.25) is 0 Å². The molecule has 66 valence electrons. The fraction of sp³-hybridized carbons (Fsp3) is 0.111. The lowest BCUT2D eigenvalue weighted by molar-refractivity contribution is 0.109. The summed E-state index contributed by atoms with van der Waals surface area (Å²) in [5.41, 5.74) is 1.99. The third-order valence-electron chi connectivity index (χ3n) is 1.72. The van der Waals surface area contributed by atoms with E-state index in [4.69, 9.17) is 4.42 Å². The van der Waals surface area contributed by atoms with Crippen LogP contribution in [0, 0.1) is 6.92 Å². The smallest absolute Gasteiger partial charge is 0.228 e. The molecule has 0 fully saturated rings. The van der Waals surface area contributed by atoms with Crippen LogP contribution < -0.4 is 0 Å². The Morgan fingerprint density at radius 2 is 2.31 bits per heavy atom. The zero-order valence-corrected chi connectivity index (χ0v) is 8.46. The van der Waals surface area contributed by atoms with Gasteiger partial charge >= 0.3 is 0 Å². The molecule has 2 aromatic rings. The molecule has 0 spiro atoms. The standard InChI is InChI=1S/C9H6BrNO2/c1-5-11-7-3-2-6(9(10)12)4-8(7)13-5/h2-4H,1H3. The molecule has 0 N–H and O–H groups in total. The first kappa shape index (κ1) is 8.44. The first-order valence-electron chi connectivity index (χ1n) is 3.74. The minimum atomic E-state index is -0.150. The molecule has 0 unspecified atom stereocenters. The maximum absolute atomic E-state index is 11.0. The van der Waals surface area contributed by atoms with Crippen LogP contribution in [0.3, 0.4) is 0 Å². The number of aromatic nitrogens is 1. The third kappa shape index (κ3) is 1.49. The van der Waals surface area contributed by atoms with Crippen LogP contribution in [0.4, 0.5) is 0 Å². The molecule has 2 rings (SSSR count). The van der Waals surface area contributed by atoms with Gasteiger partial charge in [0.05, 0.1) is 0 Å². The van der Waals surface area contributed by atoms with Gasteiger partial charge < -0.3 is 4.42 Å². The van der Waals surface area contributed by atoms with Crippen molar-refractivity contribution in [3.63, 3.8) is 0 Å². The van der Waals surface area contributed by atoms with Crippen LogP contribution >= 0.6 is 15.9 Å². The van der Waals surface area contributed by atoms with E-state index >= 15 is 0 Å². The first-order chi connectivity index (χ1) is 6.16. The van der Waals surface area contributed by atoms with Gasteiger partial charge in [0.2, 0.25) is 4.69 Å². The molecular weight excluding hydrogens is 234 g/mol. The molecule has 0 amide bonds. The highest BCUT2D eigenvalue weighted by Gasteiger charge is 2.06. The van der Waals surface area contributed by atoms with Crippen LogP contribution in [-0.2, 0) is 0 Å². The van der Waals surface area contributed by atoms with Gasteiger partial charge in [0, 0.05) is 12.5 Å². The second-order valence-corrected chi connectivity index (χ2v) is 3.41. The molecule has 0 radical (unpaired) electrons. The quantitative estimate of drug-likeness (QED) is 0.719. The Morgan fingerprint density at radius 3 is 3.00 bits per heavy atom. The van der Waals surface area contributed by atoms with Crippen molar-refractivity contribution in [2.24, 2.45) is 0 Å². The predicted molar refractivity (Wildman–Crippen MR) is 52.0 cm³/mol. The lowest BCUT2D eigenvalue weighted by Gasteiger charge is -1.91. The number of carbonyl (C=O) groups excluding carboxylic acids is 1. The second-order valence-electron chi connectivity index (χ2n) is 2.69. The van der Waals surface area contributed by atoms with Crippen LogP contribution in [-0.4, -0.2) is 9.68 Å².